The van der Waals surface area contributed by atoms with Crippen LogP contribution >= 0.6 is 0 Å². The Balaban J connectivity index is 2.55. The van der Waals surface area contributed by atoms with Crippen LogP contribution in [0.5, 0.6) is 0 Å². The Morgan fingerprint density at radius 2 is 1.82 bits per heavy atom. The van der Waals surface area contributed by atoms with E-state index in [-0.39, 0.29) is 11.4 Å². The molecule has 0 aliphatic carbocycles. The van der Waals surface area contributed by atoms with Crippen molar-refractivity contribution >= 4 is 12.0 Å². The van der Waals surface area contributed by atoms with E-state index in [2.05, 4.69) is 6.58 Å². The normalized spacial score (nSPS) is 11.5. The number of carbonyl (C=O) groups is 1. The molecule has 2 heteroatoms. The molecule has 17 heavy (non-hydrogen) atoms. The van der Waals surface area contributed by atoms with Crippen LogP contribution in [0.4, 0.5) is 0 Å². The van der Waals surface area contributed by atoms with Crippen LogP contribution in [0.2, 0.25) is 0 Å². The van der Waals surface area contributed by atoms with Crippen molar-refractivity contribution in [2.45, 2.75) is 20.8 Å². The number of benzene rings is 1. The molecule has 1 aromatic carbocycles. The van der Waals surface area contributed by atoms with Crippen molar-refractivity contribution in [3.05, 3.63) is 54.3 Å². The fourth-order valence-electron chi connectivity index (χ4n) is 1.12. The first kappa shape index (κ1) is 13.2. The molecule has 0 fully saturated rings. The predicted molar refractivity (Wildman–Crippen MR) is 70.2 cm³/mol. The third-order valence-corrected chi connectivity index (χ3v) is 2.39. The highest BCUT2D eigenvalue weighted by Crippen LogP contribution is 2.24. The Labute approximate surface area is 103 Å². The molecule has 0 radical (unpaired) electrons. The summed E-state index contributed by atoms with van der Waals surface area (Å²) in [6.07, 6.45) is 3.14. The second-order valence-corrected chi connectivity index (χ2v) is 4.85. The lowest BCUT2D eigenvalue weighted by atomic mass is 9.88. The van der Waals surface area contributed by atoms with Gasteiger partial charge in [0, 0.05) is 5.57 Å². The van der Waals surface area contributed by atoms with E-state index in [0.29, 0.717) is 5.57 Å². The molecule has 0 aromatic heterocycles. The van der Waals surface area contributed by atoms with Gasteiger partial charge >= 0.3 is 5.97 Å². The molecule has 0 amide bonds. The van der Waals surface area contributed by atoms with Gasteiger partial charge < -0.3 is 4.74 Å². The van der Waals surface area contributed by atoms with Crippen molar-refractivity contribution in [2.75, 3.05) is 0 Å². The monoisotopic (exact) mass is 230 g/mol. The molecule has 2 nitrogen and oxygen atoms in total. The minimum absolute atomic E-state index is 0.266. The summed E-state index contributed by atoms with van der Waals surface area (Å²) in [6, 6.07) is 9.65. The summed E-state index contributed by atoms with van der Waals surface area (Å²) in [5, 5.41) is 0. The molecule has 1 aromatic rings. The number of ether oxygens (including phenoxy) is 1. The largest absolute Gasteiger partial charge is 0.431 e. The van der Waals surface area contributed by atoms with Crippen molar-refractivity contribution in [1.29, 1.82) is 0 Å². The molecule has 0 aliphatic heterocycles. The summed E-state index contributed by atoms with van der Waals surface area (Å²) in [7, 11) is 0. The summed E-state index contributed by atoms with van der Waals surface area (Å²) in [5.74, 6) is -0.385. The molecule has 1 rings (SSSR count). The highest BCUT2D eigenvalue weighted by molar-refractivity contribution is 5.89. The minimum atomic E-state index is -0.385. The van der Waals surface area contributed by atoms with Crippen molar-refractivity contribution in [2.24, 2.45) is 5.41 Å². The van der Waals surface area contributed by atoms with Crippen LogP contribution < -0.4 is 0 Å². The van der Waals surface area contributed by atoms with E-state index in [1.54, 1.807) is 6.08 Å². The maximum atomic E-state index is 11.6. The van der Waals surface area contributed by atoms with Crippen LogP contribution in [0.1, 0.15) is 26.3 Å². The zero-order valence-electron chi connectivity index (χ0n) is 10.6. The lowest BCUT2D eigenvalue weighted by molar-refractivity contribution is -0.134. The van der Waals surface area contributed by atoms with Gasteiger partial charge in [0.15, 0.2) is 0 Å². The van der Waals surface area contributed by atoms with Crippen LogP contribution in [-0.2, 0) is 9.53 Å². The zero-order valence-corrected chi connectivity index (χ0v) is 10.6. The average molecular weight is 230 g/mol. The number of esters is 1. The molecular weight excluding hydrogens is 212 g/mol. The molecule has 0 atom stereocenters. The Morgan fingerprint density at radius 3 is 2.35 bits per heavy atom. The Hall–Kier alpha value is -1.83. The van der Waals surface area contributed by atoms with E-state index in [1.165, 1.54) is 6.26 Å². The van der Waals surface area contributed by atoms with E-state index in [4.69, 9.17) is 4.74 Å². The van der Waals surface area contributed by atoms with Gasteiger partial charge in [-0.25, -0.2) is 4.79 Å². The molecule has 0 saturated heterocycles. The lowest BCUT2D eigenvalue weighted by Gasteiger charge is -2.18. The van der Waals surface area contributed by atoms with Gasteiger partial charge in [0.1, 0.15) is 0 Å². The summed E-state index contributed by atoms with van der Waals surface area (Å²) in [5.41, 5.74) is 1.19. The fraction of sp³-hybridized carbons (Fsp3) is 0.267. The van der Waals surface area contributed by atoms with Crippen molar-refractivity contribution in [3.63, 3.8) is 0 Å². The zero-order chi connectivity index (χ0) is 12.9. The van der Waals surface area contributed by atoms with Gasteiger partial charge in [-0.05, 0) is 17.1 Å². The van der Waals surface area contributed by atoms with Crippen LogP contribution in [-0.4, -0.2) is 5.97 Å². The number of carbonyl (C=O) groups excluding carboxylic acids is 1. The van der Waals surface area contributed by atoms with E-state index in [9.17, 15) is 4.79 Å². The SMILES string of the molecule is C=C(C(=O)OC=Cc1ccccc1)C(C)(C)C. The van der Waals surface area contributed by atoms with Crippen molar-refractivity contribution in [3.8, 4) is 0 Å². The third-order valence-electron chi connectivity index (χ3n) is 2.39. The minimum Gasteiger partial charge on any atom is -0.431 e. The number of hydrogen-bond donors (Lipinski definition) is 0. The summed E-state index contributed by atoms with van der Waals surface area (Å²) >= 11 is 0. The Morgan fingerprint density at radius 1 is 1.24 bits per heavy atom. The van der Waals surface area contributed by atoms with Gasteiger partial charge in [0.25, 0.3) is 0 Å². The van der Waals surface area contributed by atoms with Crippen LogP contribution in [0.25, 0.3) is 6.08 Å². The van der Waals surface area contributed by atoms with E-state index in [1.807, 2.05) is 51.1 Å². The van der Waals surface area contributed by atoms with Crippen LogP contribution in [0, 0.1) is 5.41 Å². The van der Waals surface area contributed by atoms with Crippen LogP contribution in [0.15, 0.2) is 48.7 Å². The molecule has 0 spiro atoms. The third kappa shape index (κ3) is 4.27. The van der Waals surface area contributed by atoms with Gasteiger partial charge in [-0.3, -0.25) is 0 Å². The first-order valence-electron chi connectivity index (χ1n) is 5.53. The van der Waals surface area contributed by atoms with Gasteiger partial charge in [0.2, 0.25) is 0 Å². The Bertz CT molecular complexity index is 422. The van der Waals surface area contributed by atoms with Crippen LogP contribution in [0.3, 0.4) is 0 Å². The van der Waals surface area contributed by atoms with E-state index >= 15 is 0 Å². The fourth-order valence-corrected chi connectivity index (χ4v) is 1.12. The quantitative estimate of drug-likeness (QED) is 0.448. The molecule has 0 bridgehead atoms. The van der Waals surface area contributed by atoms with Crippen molar-refractivity contribution in [1.82, 2.24) is 0 Å². The second kappa shape index (κ2) is 5.48. The topological polar surface area (TPSA) is 26.3 Å². The van der Waals surface area contributed by atoms with Gasteiger partial charge in [-0.15, -0.1) is 0 Å². The first-order valence-corrected chi connectivity index (χ1v) is 5.53. The molecule has 90 valence electrons. The predicted octanol–water partition coefficient (Wildman–Crippen LogP) is 3.80. The second-order valence-electron chi connectivity index (χ2n) is 4.85. The highest BCUT2D eigenvalue weighted by Gasteiger charge is 2.22. The molecule has 0 unspecified atom stereocenters. The van der Waals surface area contributed by atoms with E-state index in [0.717, 1.165) is 5.56 Å². The summed E-state index contributed by atoms with van der Waals surface area (Å²) in [6.45, 7) is 9.53. The molecule has 0 saturated carbocycles. The Kier molecular flexibility index (Phi) is 4.27. The molecule has 0 N–H and O–H groups in total. The molecular formula is C15H18O2. The number of rotatable bonds is 3. The average Bonchev–Trinajstić information content (AvgIpc) is 2.28. The molecule has 0 heterocycles. The summed E-state index contributed by atoms with van der Waals surface area (Å²) in [4.78, 5) is 11.6. The smallest absolute Gasteiger partial charge is 0.338 e. The van der Waals surface area contributed by atoms with Crippen molar-refractivity contribution < 1.29 is 9.53 Å². The summed E-state index contributed by atoms with van der Waals surface area (Å²) < 4.78 is 5.02. The first-order chi connectivity index (χ1) is 7.91. The van der Waals surface area contributed by atoms with Gasteiger partial charge in [-0.1, -0.05) is 57.7 Å². The maximum Gasteiger partial charge on any atom is 0.338 e. The molecule has 0 aliphatic rings. The standard InChI is InChI=1S/C15H18O2/c1-12(15(2,3)4)14(16)17-11-10-13-8-6-5-7-9-13/h5-11H,1H2,2-4H3. The number of hydrogen-bond acceptors (Lipinski definition) is 2. The van der Waals surface area contributed by atoms with Gasteiger partial charge in [-0.2, -0.15) is 0 Å². The lowest BCUT2D eigenvalue weighted by Crippen LogP contribution is -2.17. The highest BCUT2D eigenvalue weighted by atomic mass is 16.5. The van der Waals surface area contributed by atoms with E-state index < -0.39 is 0 Å². The van der Waals surface area contributed by atoms with Gasteiger partial charge in [0.05, 0.1) is 6.26 Å². The maximum absolute atomic E-state index is 11.6.